The van der Waals surface area contributed by atoms with E-state index < -0.39 is 0 Å². The van der Waals surface area contributed by atoms with Gasteiger partial charge in [0.1, 0.15) is 12.1 Å². The first-order valence-electron chi connectivity index (χ1n) is 8.12. The standard InChI is InChI=1S/C18H22N4O2/c1-14(15-3-5-16(6-4-15)18(23)24-2)21-9-11-22(12-10-21)17-7-8-19-13-20-17/h3-8,13-14H,9-12H2,1-2H3. The van der Waals surface area contributed by atoms with Crippen molar-refractivity contribution in [3.8, 4) is 0 Å². The van der Waals surface area contributed by atoms with Crippen molar-refractivity contribution in [2.45, 2.75) is 13.0 Å². The highest BCUT2D eigenvalue weighted by Gasteiger charge is 2.22. The molecule has 1 fully saturated rings. The van der Waals surface area contributed by atoms with Crippen LogP contribution in [0.25, 0.3) is 0 Å². The maximum Gasteiger partial charge on any atom is 0.337 e. The average Bonchev–Trinajstić information content (AvgIpc) is 2.68. The molecule has 24 heavy (non-hydrogen) atoms. The highest BCUT2D eigenvalue weighted by molar-refractivity contribution is 5.89. The molecule has 1 saturated heterocycles. The number of carbonyl (C=O) groups is 1. The van der Waals surface area contributed by atoms with Gasteiger partial charge >= 0.3 is 5.97 Å². The largest absolute Gasteiger partial charge is 0.465 e. The molecule has 1 aliphatic rings. The zero-order valence-electron chi connectivity index (χ0n) is 14.1. The maximum absolute atomic E-state index is 11.5. The molecule has 126 valence electrons. The summed E-state index contributed by atoms with van der Waals surface area (Å²) in [5.74, 6) is 0.687. The van der Waals surface area contributed by atoms with Gasteiger partial charge in [0.15, 0.2) is 0 Å². The lowest BCUT2D eigenvalue weighted by atomic mass is 10.0. The van der Waals surface area contributed by atoms with Crippen LogP contribution in [-0.4, -0.2) is 54.1 Å². The SMILES string of the molecule is COC(=O)c1ccc(C(C)N2CCN(c3ccncn3)CC2)cc1. The van der Waals surface area contributed by atoms with Crippen LogP contribution in [0.4, 0.5) is 5.82 Å². The first-order chi connectivity index (χ1) is 11.7. The maximum atomic E-state index is 11.5. The van der Waals surface area contributed by atoms with Gasteiger partial charge < -0.3 is 9.64 Å². The van der Waals surface area contributed by atoms with E-state index in [0.717, 1.165) is 32.0 Å². The molecule has 1 atom stereocenters. The molecule has 0 saturated carbocycles. The summed E-state index contributed by atoms with van der Waals surface area (Å²) in [4.78, 5) is 24.5. The third-order valence-electron chi connectivity index (χ3n) is 4.57. The Labute approximate surface area is 142 Å². The summed E-state index contributed by atoms with van der Waals surface area (Å²) < 4.78 is 4.74. The smallest absolute Gasteiger partial charge is 0.337 e. The molecule has 1 aliphatic heterocycles. The third kappa shape index (κ3) is 3.54. The molecule has 1 aromatic carbocycles. The first-order valence-corrected chi connectivity index (χ1v) is 8.12. The molecule has 0 amide bonds. The quantitative estimate of drug-likeness (QED) is 0.803. The zero-order valence-corrected chi connectivity index (χ0v) is 14.1. The minimum Gasteiger partial charge on any atom is -0.465 e. The normalized spacial score (nSPS) is 16.7. The number of piperazine rings is 1. The number of hydrogen-bond donors (Lipinski definition) is 0. The minimum absolute atomic E-state index is 0.298. The second kappa shape index (κ2) is 7.40. The molecule has 0 bridgehead atoms. The minimum atomic E-state index is -0.298. The van der Waals surface area contributed by atoms with Gasteiger partial charge in [0, 0.05) is 38.4 Å². The van der Waals surface area contributed by atoms with Crippen LogP contribution in [0.1, 0.15) is 28.9 Å². The number of methoxy groups -OCH3 is 1. The van der Waals surface area contributed by atoms with Crippen LogP contribution in [-0.2, 0) is 4.74 Å². The number of ether oxygens (including phenoxy) is 1. The van der Waals surface area contributed by atoms with E-state index in [1.165, 1.54) is 12.7 Å². The van der Waals surface area contributed by atoms with E-state index in [1.54, 1.807) is 12.5 Å². The highest BCUT2D eigenvalue weighted by atomic mass is 16.5. The van der Waals surface area contributed by atoms with Gasteiger partial charge in [0.05, 0.1) is 12.7 Å². The third-order valence-corrected chi connectivity index (χ3v) is 4.57. The Hall–Kier alpha value is -2.47. The van der Waals surface area contributed by atoms with Crippen LogP contribution in [0.15, 0.2) is 42.9 Å². The number of anilines is 1. The summed E-state index contributed by atoms with van der Waals surface area (Å²) in [5.41, 5.74) is 1.79. The van der Waals surface area contributed by atoms with E-state index in [2.05, 4.69) is 26.7 Å². The monoisotopic (exact) mass is 326 g/mol. The lowest BCUT2D eigenvalue weighted by Crippen LogP contribution is -2.47. The number of hydrogen-bond acceptors (Lipinski definition) is 6. The van der Waals surface area contributed by atoms with E-state index in [-0.39, 0.29) is 5.97 Å². The predicted octanol–water partition coefficient (Wildman–Crippen LogP) is 2.15. The van der Waals surface area contributed by atoms with Gasteiger partial charge in [-0.2, -0.15) is 0 Å². The molecule has 3 rings (SSSR count). The summed E-state index contributed by atoms with van der Waals surface area (Å²) in [7, 11) is 1.40. The van der Waals surface area contributed by atoms with Crippen molar-refractivity contribution in [2.24, 2.45) is 0 Å². The number of esters is 1. The summed E-state index contributed by atoms with van der Waals surface area (Å²) in [6.45, 7) is 6.05. The van der Waals surface area contributed by atoms with Crippen molar-refractivity contribution in [3.63, 3.8) is 0 Å². The van der Waals surface area contributed by atoms with E-state index in [1.807, 2.05) is 30.3 Å². The number of benzene rings is 1. The second-order valence-corrected chi connectivity index (χ2v) is 5.88. The number of aromatic nitrogens is 2. The summed E-state index contributed by atoms with van der Waals surface area (Å²) in [6, 6.07) is 9.93. The lowest BCUT2D eigenvalue weighted by Gasteiger charge is -2.38. The van der Waals surface area contributed by atoms with Crippen molar-refractivity contribution in [2.75, 3.05) is 38.2 Å². The summed E-state index contributed by atoms with van der Waals surface area (Å²) in [6.07, 6.45) is 3.37. The second-order valence-electron chi connectivity index (χ2n) is 5.88. The number of rotatable bonds is 4. The van der Waals surface area contributed by atoms with Gasteiger partial charge in [-0.3, -0.25) is 4.90 Å². The van der Waals surface area contributed by atoms with Crippen LogP contribution < -0.4 is 4.90 Å². The zero-order chi connectivity index (χ0) is 16.9. The molecule has 6 heteroatoms. The molecule has 2 aromatic rings. The van der Waals surface area contributed by atoms with Crippen LogP contribution in [0, 0.1) is 0 Å². The van der Waals surface area contributed by atoms with Crippen molar-refractivity contribution < 1.29 is 9.53 Å². The highest BCUT2D eigenvalue weighted by Crippen LogP contribution is 2.23. The topological polar surface area (TPSA) is 58.6 Å². The molecule has 0 aliphatic carbocycles. The van der Waals surface area contributed by atoms with Crippen LogP contribution >= 0.6 is 0 Å². The molecule has 1 aromatic heterocycles. The summed E-state index contributed by atoms with van der Waals surface area (Å²) >= 11 is 0. The van der Waals surface area contributed by atoms with Gasteiger partial charge in [0.2, 0.25) is 0 Å². The predicted molar refractivity (Wildman–Crippen MR) is 92.0 cm³/mol. The van der Waals surface area contributed by atoms with Gasteiger partial charge in [-0.25, -0.2) is 14.8 Å². The van der Waals surface area contributed by atoms with E-state index >= 15 is 0 Å². The fourth-order valence-corrected chi connectivity index (χ4v) is 3.04. The Morgan fingerprint density at radius 3 is 2.42 bits per heavy atom. The van der Waals surface area contributed by atoms with E-state index in [4.69, 9.17) is 4.74 Å². The fourth-order valence-electron chi connectivity index (χ4n) is 3.04. The van der Waals surface area contributed by atoms with E-state index in [9.17, 15) is 4.79 Å². The van der Waals surface area contributed by atoms with Crippen molar-refractivity contribution in [1.82, 2.24) is 14.9 Å². The molecule has 6 nitrogen and oxygen atoms in total. The van der Waals surface area contributed by atoms with Gasteiger partial charge in [-0.1, -0.05) is 12.1 Å². The summed E-state index contributed by atoms with van der Waals surface area (Å²) in [5, 5.41) is 0. The van der Waals surface area contributed by atoms with Crippen LogP contribution in [0.5, 0.6) is 0 Å². The fraction of sp³-hybridized carbons (Fsp3) is 0.389. The molecular weight excluding hydrogens is 304 g/mol. The van der Waals surface area contributed by atoms with E-state index in [0.29, 0.717) is 11.6 Å². The molecular formula is C18H22N4O2. The molecule has 0 radical (unpaired) electrons. The molecule has 1 unspecified atom stereocenters. The Kier molecular flexibility index (Phi) is 5.05. The molecule has 0 spiro atoms. The Morgan fingerprint density at radius 2 is 1.83 bits per heavy atom. The van der Waals surface area contributed by atoms with Crippen molar-refractivity contribution in [1.29, 1.82) is 0 Å². The molecule has 2 heterocycles. The Bertz CT molecular complexity index is 667. The average molecular weight is 326 g/mol. The Balaban J connectivity index is 1.60. The molecule has 0 N–H and O–H groups in total. The Morgan fingerprint density at radius 1 is 1.12 bits per heavy atom. The van der Waals surface area contributed by atoms with Gasteiger partial charge in [-0.15, -0.1) is 0 Å². The number of nitrogens with zero attached hydrogens (tertiary/aromatic N) is 4. The van der Waals surface area contributed by atoms with Crippen LogP contribution in [0.2, 0.25) is 0 Å². The van der Waals surface area contributed by atoms with Gasteiger partial charge in [-0.05, 0) is 30.7 Å². The lowest BCUT2D eigenvalue weighted by molar-refractivity contribution is 0.0600. The van der Waals surface area contributed by atoms with Crippen molar-refractivity contribution >= 4 is 11.8 Å². The number of carbonyl (C=O) groups excluding carboxylic acids is 1. The van der Waals surface area contributed by atoms with Crippen molar-refractivity contribution in [3.05, 3.63) is 54.0 Å². The first kappa shape index (κ1) is 16.4. The van der Waals surface area contributed by atoms with Crippen LogP contribution in [0.3, 0.4) is 0 Å². The van der Waals surface area contributed by atoms with Gasteiger partial charge in [0.25, 0.3) is 0 Å².